The summed E-state index contributed by atoms with van der Waals surface area (Å²) in [4.78, 5) is 20.6. The molecule has 0 aromatic carbocycles. The number of carbonyl (C=O) groups is 1. The Balaban J connectivity index is 1.68. The highest BCUT2D eigenvalue weighted by atomic mass is 16.5. The van der Waals surface area contributed by atoms with E-state index in [0.717, 1.165) is 58.5 Å². The number of aromatic nitrogens is 1. The van der Waals surface area contributed by atoms with Crippen LogP contribution < -0.4 is 0 Å². The standard InChI is InChI=1S/C24H38N2O3/c1-19(2)17-28-16-14-26-12-8-20(9-13-26)24(10-15-29-23(3,4)18-24)22(27)21-7-5-6-11-25-21/h5-7,11,19-20H,8-10,12-18H2,1-4H3. The maximum absolute atomic E-state index is 13.7. The number of hydrogen-bond acceptors (Lipinski definition) is 5. The molecule has 2 saturated heterocycles. The van der Waals surface area contributed by atoms with Crippen LogP contribution in [0.2, 0.25) is 0 Å². The van der Waals surface area contributed by atoms with Gasteiger partial charge in [-0.15, -0.1) is 0 Å². The van der Waals surface area contributed by atoms with Crippen molar-refractivity contribution in [3.8, 4) is 0 Å². The number of rotatable bonds is 8. The number of likely N-dealkylation sites (tertiary alicyclic amines) is 1. The van der Waals surface area contributed by atoms with Gasteiger partial charge in [0.15, 0.2) is 5.78 Å². The van der Waals surface area contributed by atoms with Crippen LogP contribution >= 0.6 is 0 Å². The molecule has 2 fully saturated rings. The Labute approximate surface area is 176 Å². The summed E-state index contributed by atoms with van der Waals surface area (Å²) in [6.07, 6.45) is 5.41. The second-order valence-corrected chi connectivity index (χ2v) is 9.82. The van der Waals surface area contributed by atoms with E-state index in [1.165, 1.54) is 0 Å². The first-order valence-corrected chi connectivity index (χ1v) is 11.2. The van der Waals surface area contributed by atoms with Gasteiger partial charge < -0.3 is 14.4 Å². The minimum absolute atomic E-state index is 0.216. The Kier molecular flexibility index (Phi) is 7.47. The Morgan fingerprint density at radius 1 is 1.31 bits per heavy atom. The van der Waals surface area contributed by atoms with E-state index in [1.807, 2.05) is 18.2 Å². The quantitative estimate of drug-likeness (QED) is 0.481. The molecular weight excluding hydrogens is 364 g/mol. The van der Waals surface area contributed by atoms with Gasteiger partial charge >= 0.3 is 0 Å². The third-order valence-corrected chi connectivity index (χ3v) is 6.50. The lowest BCUT2D eigenvalue weighted by molar-refractivity contribution is -0.114. The van der Waals surface area contributed by atoms with Gasteiger partial charge in [-0.25, -0.2) is 0 Å². The Bertz CT molecular complexity index is 653. The van der Waals surface area contributed by atoms with Crippen molar-refractivity contribution in [2.24, 2.45) is 17.3 Å². The van der Waals surface area contributed by atoms with Crippen molar-refractivity contribution >= 4 is 5.78 Å². The molecule has 2 aliphatic heterocycles. The highest BCUT2D eigenvalue weighted by Gasteiger charge is 2.52. The monoisotopic (exact) mass is 402 g/mol. The van der Waals surface area contributed by atoms with Crippen LogP contribution in [0, 0.1) is 17.3 Å². The van der Waals surface area contributed by atoms with Crippen LogP contribution in [0.4, 0.5) is 0 Å². The van der Waals surface area contributed by atoms with E-state index in [-0.39, 0.29) is 16.8 Å². The molecule has 1 atom stereocenters. The molecule has 0 aliphatic carbocycles. The van der Waals surface area contributed by atoms with Gasteiger partial charge in [0, 0.05) is 31.4 Å². The van der Waals surface area contributed by atoms with Gasteiger partial charge in [-0.05, 0) is 76.6 Å². The van der Waals surface area contributed by atoms with Crippen LogP contribution in [0.5, 0.6) is 0 Å². The van der Waals surface area contributed by atoms with Crippen LogP contribution in [0.15, 0.2) is 24.4 Å². The molecule has 29 heavy (non-hydrogen) atoms. The van der Waals surface area contributed by atoms with Crippen LogP contribution in [0.25, 0.3) is 0 Å². The summed E-state index contributed by atoms with van der Waals surface area (Å²) in [5.41, 5.74) is -0.0318. The fourth-order valence-corrected chi connectivity index (χ4v) is 5.11. The first-order chi connectivity index (χ1) is 13.8. The molecule has 0 spiro atoms. The molecule has 2 aliphatic rings. The zero-order valence-corrected chi connectivity index (χ0v) is 18.7. The molecule has 1 unspecified atom stereocenters. The third kappa shape index (κ3) is 5.65. The number of ether oxygens (including phenoxy) is 2. The zero-order chi connectivity index (χ0) is 20.9. The first-order valence-electron chi connectivity index (χ1n) is 11.2. The molecule has 0 radical (unpaired) electrons. The van der Waals surface area contributed by atoms with Crippen molar-refractivity contribution in [1.29, 1.82) is 0 Å². The lowest BCUT2D eigenvalue weighted by Gasteiger charge is -2.50. The first kappa shape index (κ1) is 22.4. The summed E-state index contributed by atoms with van der Waals surface area (Å²) in [5, 5.41) is 0. The molecule has 5 nitrogen and oxygen atoms in total. The smallest absolute Gasteiger partial charge is 0.187 e. The fraction of sp³-hybridized carbons (Fsp3) is 0.750. The fourth-order valence-electron chi connectivity index (χ4n) is 5.11. The molecule has 1 aromatic heterocycles. The number of piperidine rings is 1. The number of carbonyl (C=O) groups excluding carboxylic acids is 1. The zero-order valence-electron chi connectivity index (χ0n) is 18.7. The largest absolute Gasteiger partial charge is 0.380 e. The molecule has 3 heterocycles. The highest BCUT2D eigenvalue weighted by Crippen LogP contribution is 2.49. The minimum Gasteiger partial charge on any atom is -0.380 e. The predicted molar refractivity (Wildman–Crippen MR) is 115 cm³/mol. The minimum atomic E-state index is -0.365. The molecule has 0 bridgehead atoms. The van der Waals surface area contributed by atoms with Gasteiger partial charge in [-0.2, -0.15) is 0 Å². The normalized spacial score (nSPS) is 26.0. The maximum atomic E-state index is 13.7. The number of hydrogen-bond donors (Lipinski definition) is 0. The summed E-state index contributed by atoms with van der Waals surface area (Å²) in [5.74, 6) is 1.18. The molecule has 0 N–H and O–H groups in total. The summed E-state index contributed by atoms with van der Waals surface area (Å²) in [7, 11) is 0. The van der Waals surface area contributed by atoms with E-state index >= 15 is 0 Å². The van der Waals surface area contributed by atoms with Gasteiger partial charge in [0.1, 0.15) is 5.69 Å². The summed E-state index contributed by atoms with van der Waals surface area (Å²) in [6, 6.07) is 5.66. The number of nitrogens with zero attached hydrogens (tertiary/aromatic N) is 2. The van der Waals surface area contributed by atoms with E-state index in [2.05, 4.69) is 37.6 Å². The molecule has 5 heteroatoms. The molecule has 0 amide bonds. The van der Waals surface area contributed by atoms with Crippen LogP contribution in [0.3, 0.4) is 0 Å². The van der Waals surface area contributed by atoms with Crippen molar-refractivity contribution < 1.29 is 14.3 Å². The lowest BCUT2D eigenvalue weighted by atomic mass is 9.60. The van der Waals surface area contributed by atoms with Crippen molar-refractivity contribution in [3.05, 3.63) is 30.1 Å². The summed E-state index contributed by atoms with van der Waals surface area (Å²) < 4.78 is 11.8. The highest BCUT2D eigenvalue weighted by molar-refractivity contribution is 5.99. The van der Waals surface area contributed by atoms with Crippen molar-refractivity contribution in [2.75, 3.05) is 39.5 Å². The van der Waals surface area contributed by atoms with Gasteiger partial charge in [0.05, 0.1) is 12.2 Å². The van der Waals surface area contributed by atoms with Gasteiger partial charge in [0.2, 0.25) is 0 Å². The van der Waals surface area contributed by atoms with Gasteiger partial charge in [-0.1, -0.05) is 19.9 Å². The lowest BCUT2D eigenvalue weighted by Crippen LogP contribution is -2.52. The van der Waals surface area contributed by atoms with E-state index in [9.17, 15) is 4.79 Å². The number of ketones is 1. The van der Waals surface area contributed by atoms with E-state index in [4.69, 9.17) is 9.47 Å². The van der Waals surface area contributed by atoms with Crippen molar-refractivity contribution in [1.82, 2.24) is 9.88 Å². The predicted octanol–water partition coefficient (Wildman–Crippen LogP) is 4.22. The van der Waals surface area contributed by atoms with E-state index in [1.54, 1.807) is 6.20 Å². The summed E-state index contributed by atoms with van der Waals surface area (Å²) >= 11 is 0. The van der Waals surface area contributed by atoms with E-state index < -0.39 is 0 Å². The topological polar surface area (TPSA) is 51.7 Å². The SMILES string of the molecule is CC(C)COCCN1CCC(C2(C(=O)c3ccccn3)CCOC(C)(C)C2)CC1. The van der Waals surface area contributed by atoms with E-state index in [0.29, 0.717) is 24.1 Å². The molecule has 0 saturated carbocycles. The Morgan fingerprint density at radius 2 is 2.07 bits per heavy atom. The average Bonchev–Trinajstić information content (AvgIpc) is 2.71. The number of pyridine rings is 1. The van der Waals surface area contributed by atoms with Crippen LogP contribution in [-0.2, 0) is 9.47 Å². The van der Waals surface area contributed by atoms with Crippen LogP contribution in [-0.4, -0.2) is 60.7 Å². The molecule has 162 valence electrons. The summed E-state index contributed by atoms with van der Waals surface area (Å²) in [6.45, 7) is 13.9. The number of Topliss-reactive ketones (excluding diaryl/α,β-unsaturated/α-hetero) is 1. The second kappa shape index (κ2) is 9.67. The third-order valence-electron chi connectivity index (χ3n) is 6.50. The maximum Gasteiger partial charge on any atom is 0.187 e. The molecule has 1 aromatic rings. The average molecular weight is 403 g/mol. The Morgan fingerprint density at radius 3 is 2.69 bits per heavy atom. The molecule has 3 rings (SSSR count). The van der Waals surface area contributed by atoms with Crippen molar-refractivity contribution in [2.45, 2.75) is 59.0 Å². The molecular formula is C24H38N2O3. The van der Waals surface area contributed by atoms with Crippen LogP contribution in [0.1, 0.15) is 63.9 Å². The van der Waals surface area contributed by atoms with Gasteiger partial charge in [0.25, 0.3) is 0 Å². The second-order valence-electron chi connectivity index (χ2n) is 9.82. The van der Waals surface area contributed by atoms with Crippen molar-refractivity contribution in [3.63, 3.8) is 0 Å². The van der Waals surface area contributed by atoms with Gasteiger partial charge in [-0.3, -0.25) is 9.78 Å². The Hall–Kier alpha value is -1.30.